The van der Waals surface area contributed by atoms with Gasteiger partial charge in [0.1, 0.15) is 0 Å². The van der Waals surface area contributed by atoms with Gasteiger partial charge in [-0.3, -0.25) is 9.69 Å². The first-order valence-electron chi connectivity index (χ1n) is 6.49. The molecule has 2 aliphatic rings. The third-order valence-corrected chi connectivity index (χ3v) is 3.86. The van der Waals surface area contributed by atoms with Crippen molar-refractivity contribution in [1.82, 2.24) is 15.1 Å². The van der Waals surface area contributed by atoms with Crippen molar-refractivity contribution in [2.75, 3.05) is 46.4 Å². The van der Waals surface area contributed by atoms with Crippen LogP contribution in [0, 0.1) is 0 Å². The van der Waals surface area contributed by atoms with Gasteiger partial charge in [-0.25, -0.2) is 0 Å². The van der Waals surface area contributed by atoms with Crippen LogP contribution in [0.3, 0.4) is 0 Å². The van der Waals surface area contributed by atoms with Gasteiger partial charge in [0.05, 0.1) is 18.7 Å². The lowest BCUT2D eigenvalue weighted by Gasteiger charge is -2.35. The van der Waals surface area contributed by atoms with Gasteiger partial charge >= 0.3 is 0 Å². The van der Waals surface area contributed by atoms with Gasteiger partial charge in [-0.2, -0.15) is 0 Å². The van der Waals surface area contributed by atoms with Gasteiger partial charge in [-0.05, 0) is 13.3 Å². The topological polar surface area (TPSA) is 44.8 Å². The Hall–Kier alpha value is -0.650. The largest absolute Gasteiger partial charge is 0.379 e. The summed E-state index contributed by atoms with van der Waals surface area (Å²) in [6.07, 6.45) is 0.969. The summed E-state index contributed by atoms with van der Waals surface area (Å²) >= 11 is 0. The second-order valence-electron chi connectivity index (χ2n) is 4.93. The third-order valence-electron chi connectivity index (χ3n) is 3.86. The molecule has 5 heteroatoms. The Morgan fingerprint density at radius 3 is 2.76 bits per heavy atom. The quantitative estimate of drug-likeness (QED) is 0.725. The van der Waals surface area contributed by atoms with Crippen molar-refractivity contribution in [1.29, 1.82) is 0 Å². The van der Waals surface area contributed by atoms with Gasteiger partial charge in [0.2, 0.25) is 5.91 Å². The Kier molecular flexibility index (Phi) is 4.36. The molecule has 17 heavy (non-hydrogen) atoms. The second-order valence-corrected chi connectivity index (χ2v) is 4.93. The maximum absolute atomic E-state index is 12.3. The Morgan fingerprint density at radius 2 is 2.18 bits per heavy atom. The van der Waals surface area contributed by atoms with E-state index >= 15 is 0 Å². The van der Waals surface area contributed by atoms with E-state index in [2.05, 4.69) is 10.2 Å². The molecule has 2 unspecified atom stereocenters. The first-order chi connectivity index (χ1) is 8.20. The molecule has 0 aromatic carbocycles. The van der Waals surface area contributed by atoms with Crippen LogP contribution in [0.2, 0.25) is 0 Å². The van der Waals surface area contributed by atoms with E-state index in [-0.39, 0.29) is 18.0 Å². The molecule has 2 atom stereocenters. The summed E-state index contributed by atoms with van der Waals surface area (Å²) in [4.78, 5) is 16.5. The molecule has 0 saturated carbocycles. The highest BCUT2D eigenvalue weighted by atomic mass is 16.5. The number of piperazine rings is 1. The molecule has 0 bridgehead atoms. The zero-order chi connectivity index (χ0) is 12.3. The summed E-state index contributed by atoms with van der Waals surface area (Å²) in [7, 11) is 1.90. The number of rotatable bonds is 3. The molecule has 2 fully saturated rings. The zero-order valence-electron chi connectivity index (χ0n) is 10.8. The number of hydrogen-bond acceptors (Lipinski definition) is 4. The van der Waals surface area contributed by atoms with Gasteiger partial charge in [0, 0.05) is 39.8 Å². The molecular weight excluding hydrogens is 218 g/mol. The van der Waals surface area contributed by atoms with E-state index in [1.165, 1.54) is 0 Å². The molecular formula is C12H23N3O2. The molecule has 0 aliphatic carbocycles. The van der Waals surface area contributed by atoms with E-state index < -0.39 is 0 Å². The summed E-state index contributed by atoms with van der Waals surface area (Å²) in [6, 6.07) is 0.260. The highest BCUT2D eigenvalue weighted by Gasteiger charge is 2.30. The Balaban J connectivity index is 1.88. The van der Waals surface area contributed by atoms with Crippen LogP contribution in [0.1, 0.15) is 13.3 Å². The molecule has 1 amide bonds. The summed E-state index contributed by atoms with van der Waals surface area (Å²) < 4.78 is 5.34. The fraction of sp³-hybridized carbons (Fsp3) is 0.917. The van der Waals surface area contributed by atoms with Crippen molar-refractivity contribution in [2.45, 2.75) is 25.4 Å². The molecule has 0 radical (unpaired) electrons. The predicted octanol–water partition coefficient (Wildman–Crippen LogP) is -0.473. The molecule has 2 aliphatic heterocycles. The number of nitrogens with one attached hydrogen (secondary N) is 1. The van der Waals surface area contributed by atoms with E-state index in [1.54, 1.807) is 0 Å². The lowest BCUT2D eigenvalue weighted by atomic mass is 10.1. The van der Waals surface area contributed by atoms with E-state index in [9.17, 15) is 4.79 Å². The highest BCUT2D eigenvalue weighted by Crippen LogP contribution is 2.13. The first-order valence-corrected chi connectivity index (χ1v) is 6.49. The van der Waals surface area contributed by atoms with Crippen LogP contribution in [0.4, 0.5) is 0 Å². The monoisotopic (exact) mass is 241 g/mol. The average Bonchev–Trinajstić information content (AvgIpc) is 2.91. The smallest absolute Gasteiger partial charge is 0.239 e. The fourth-order valence-corrected chi connectivity index (χ4v) is 2.53. The molecule has 2 saturated heterocycles. The minimum absolute atomic E-state index is 0.0114. The number of carbonyl (C=O) groups excluding carboxylic acids is 1. The van der Waals surface area contributed by atoms with E-state index in [0.717, 1.165) is 39.2 Å². The van der Waals surface area contributed by atoms with Crippen molar-refractivity contribution in [3.63, 3.8) is 0 Å². The fourth-order valence-electron chi connectivity index (χ4n) is 2.53. The van der Waals surface area contributed by atoms with E-state index in [4.69, 9.17) is 4.74 Å². The third kappa shape index (κ3) is 2.97. The Morgan fingerprint density at radius 1 is 1.47 bits per heavy atom. The maximum atomic E-state index is 12.3. The van der Waals surface area contributed by atoms with Crippen molar-refractivity contribution >= 4 is 5.91 Å². The minimum Gasteiger partial charge on any atom is -0.379 e. The van der Waals surface area contributed by atoms with Crippen LogP contribution >= 0.6 is 0 Å². The molecule has 5 nitrogen and oxygen atoms in total. The SMILES string of the molecule is CC(C(=O)N(C)C1CCOC1)N1CCNCC1. The lowest BCUT2D eigenvalue weighted by molar-refractivity contribution is -0.137. The molecule has 0 aromatic heterocycles. The minimum atomic E-state index is -0.0114. The molecule has 2 rings (SSSR count). The Bertz CT molecular complexity index is 260. The van der Waals surface area contributed by atoms with Crippen LogP contribution in [0.15, 0.2) is 0 Å². The maximum Gasteiger partial charge on any atom is 0.239 e. The molecule has 1 N–H and O–H groups in total. The molecule has 0 spiro atoms. The summed E-state index contributed by atoms with van der Waals surface area (Å²) in [6.45, 7) is 7.37. The number of ether oxygens (including phenoxy) is 1. The first kappa shape index (κ1) is 12.8. The summed E-state index contributed by atoms with van der Waals surface area (Å²) in [5.41, 5.74) is 0. The van der Waals surface area contributed by atoms with Gasteiger partial charge in [-0.15, -0.1) is 0 Å². The van der Waals surface area contributed by atoms with Gasteiger partial charge in [-0.1, -0.05) is 0 Å². The lowest BCUT2D eigenvalue weighted by Crippen LogP contribution is -2.54. The number of carbonyl (C=O) groups is 1. The van der Waals surface area contributed by atoms with Crippen molar-refractivity contribution in [3.8, 4) is 0 Å². The normalized spacial score (nSPS) is 28.0. The van der Waals surface area contributed by atoms with Crippen molar-refractivity contribution in [2.24, 2.45) is 0 Å². The van der Waals surface area contributed by atoms with Gasteiger partial charge in [0.25, 0.3) is 0 Å². The van der Waals surface area contributed by atoms with Crippen LogP contribution in [-0.4, -0.2) is 74.2 Å². The number of amides is 1. The van der Waals surface area contributed by atoms with Crippen LogP contribution in [0.5, 0.6) is 0 Å². The Labute approximate surface area is 103 Å². The number of hydrogen-bond donors (Lipinski definition) is 1. The average molecular weight is 241 g/mol. The van der Waals surface area contributed by atoms with E-state index in [1.807, 2.05) is 18.9 Å². The molecule has 98 valence electrons. The standard InChI is InChI=1S/C12H23N3O2/c1-10(15-6-4-13-5-7-15)12(16)14(2)11-3-8-17-9-11/h10-11,13H,3-9H2,1-2H3. The number of likely N-dealkylation sites (N-methyl/N-ethyl adjacent to an activating group) is 1. The van der Waals surface area contributed by atoms with Crippen LogP contribution in [-0.2, 0) is 9.53 Å². The van der Waals surface area contributed by atoms with Gasteiger partial charge < -0.3 is 15.0 Å². The summed E-state index contributed by atoms with van der Waals surface area (Å²) in [5, 5.41) is 3.31. The van der Waals surface area contributed by atoms with Crippen LogP contribution in [0.25, 0.3) is 0 Å². The zero-order valence-corrected chi connectivity index (χ0v) is 10.8. The highest BCUT2D eigenvalue weighted by molar-refractivity contribution is 5.81. The van der Waals surface area contributed by atoms with Gasteiger partial charge in [0.15, 0.2) is 0 Å². The van der Waals surface area contributed by atoms with Crippen LogP contribution < -0.4 is 5.32 Å². The number of nitrogens with zero attached hydrogens (tertiary/aromatic N) is 2. The van der Waals surface area contributed by atoms with E-state index in [0.29, 0.717) is 6.61 Å². The predicted molar refractivity (Wildman–Crippen MR) is 65.9 cm³/mol. The molecule has 2 heterocycles. The van der Waals surface area contributed by atoms with Crippen molar-refractivity contribution < 1.29 is 9.53 Å². The second kappa shape index (κ2) is 5.80. The molecule has 0 aromatic rings. The van der Waals surface area contributed by atoms with Crippen molar-refractivity contribution in [3.05, 3.63) is 0 Å². The summed E-state index contributed by atoms with van der Waals surface area (Å²) in [5.74, 6) is 0.224.